The van der Waals surface area contributed by atoms with Crippen molar-refractivity contribution in [3.05, 3.63) is 0 Å². The summed E-state index contributed by atoms with van der Waals surface area (Å²) < 4.78 is 0. The standard InChI is InChI=1S/C13H19BrClNO/c1-7(14)12(17)16-11-9-2-8-3-10(11)6-13(15,4-8)5-9/h7-11H,2-6H2,1H3,(H,16,17). The number of carbonyl (C=O) groups excluding carboxylic acids is 1. The van der Waals surface area contributed by atoms with Gasteiger partial charge in [-0.1, -0.05) is 15.9 Å². The molecule has 4 heteroatoms. The molecule has 0 aromatic heterocycles. The Balaban J connectivity index is 1.74. The molecule has 4 bridgehead atoms. The van der Waals surface area contributed by atoms with Gasteiger partial charge < -0.3 is 5.32 Å². The molecule has 4 rings (SSSR count). The Hall–Kier alpha value is 0.240. The first kappa shape index (κ1) is 12.3. The molecule has 0 aromatic carbocycles. The number of nitrogens with one attached hydrogen (secondary N) is 1. The molecule has 96 valence electrons. The minimum absolute atomic E-state index is 0.0672. The quantitative estimate of drug-likeness (QED) is 0.778. The molecule has 2 nitrogen and oxygen atoms in total. The van der Waals surface area contributed by atoms with Crippen LogP contribution in [0.15, 0.2) is 0 Å². The first-order chi connectivity index (χ1) is 7.97. The average Bonchev–Trinajstić information content (AvgIpc) is 2.20. The maximum atomic E-state index is 11.8. The van der Waals surface area contributed by atoms with Gasteiger partial charge in [0.1, 0.15) is 0 Å². The molecule has 4 aliphatic carbocycles. The maximum Gasteiger partial charge on any atom is 0.233 e. The summed E-state index contributed by atoms with van der Waals surface area (Å²) >= 11 is 10.0. The zero-order chi connectivity index (χ0) is 12.2. The van der Waals surface area contributed by atoms with Crippen LogP contribution in [-0.2, 0) is 4.79 Å². The van der Waals surface area contributed by atoms with Crippen LogP contribution in [0.4, 0.5) is 0 Å². The highest BCUT2D eigenvalue weighted by Crippen LogP contribution is 2.58. The first-order valence-electron chi connectivity index (χ1n) is 6.60. The van der Waals surface area contributed by atoms with E-state index in [-0.39, 0.29) is 15.6 Å². The van der Waals surface area contributed by atoms with Gasteiger partial charge in [0.2, 0.25) is 5.91 Å². The van der Waals surface area contributed by atoms with Gasteiger partial charge in [0.05, 0.1) is 4.83 Å². The second-order valence-corrected chi connectivity index (χ2v) is 8.45. The van der Waals surface area contributed by atoms with E-state index in [9.17, 15) is 4.79 Å². The number of alkyl halides is 2. The van der Waals surface area contributed by atoms with Crippen LogP contribution in [-0.4, -0.2) is 21.7 Å². The third-order valence-corrected chi connectivity index (χ3v) is 5.75. The third-order valence-electron chi connectivity index (χ3n) is 4.87. The molecule has 0 heterocycles. The van der Waals surface area contributed by atoms with Crippen molar-refractivity contribution in [3.63, 3.8) is 0 Å². The van der Waals surface area contributed by atoms with Crippen molar-refractivity contribution in [3.8, 4) is 0 Å². The van der Waals surface area contributed by atoms with Gasteiger partial charge in [-0.3, -0.25) is 4.79 Å². The topological polar surface area (TPSA) is 29.1 Å². The maximum absolute atomic E-state index is 11.8. The summed E-state index contributed by atoms with van der Waals surface area (Å²) in [7, 11) is 0. The van der Waals surface area contributed by atoms with E-state index in [1.165, 1.54) is 19.3 Å². The fourth-order valence-electron chi connectivity index (χ4n) is 4.44. The molecular formula is C13H19BrClNO. The Morgan fingerprint density at radius 1 is 1.35 bits per heavy atom. The Kier molecular flexibility index (Phi) is 2.98. The highest BCUT2D eigenvalue weighted by atomic mass is 79.9. The minimum atomic E-state index is -0.0929. The van der Waals surface area contributed by atoms with Crippen LogP contribution in [0.3, 0.4) is 0 Å². The van der Waals surface area contributed by atoms with Gasteiger partial charge in [-0.05, 0) is 56.8 Å². The zero-order valence-electron chi connectivity index (χ0n) is 10.1. The van der Waals surface area contributed by atoms with Crippen molar-refractivity contribution in [2.45, 2.75) is 54.8 Å². The summed E-state index contributed by atoms with van der Waals surface area (Å²) in [6.45, 7) is 1.88. The molecule has 3 atom stereocenters. The second kappa shape index (κ2) is 4.12. The monoisotopic (exact) mass is 319 g/mol. The molecule has 0 spiro atoms. The SMILES string of the molecule is CC(Br)C(=O)NC1C2CC3CC1CC(Cl)(C3)C2. The Morgan fingerprint density at radius 3 is 2.41 bits per heavy atom. The Morgan fingerprint density at radius 2 is 1.94 bits per heavy atom. The van der Waals surface area contributed by atoms with Gasteiger partial charge >= 0.3 is 0 Å². The smallest absolute Gasteiger partial charge is 0.233 e. The lowest BCUT2D eigenvalue weighted by atomic mass is 9.53. The summed E-state index contributed by atoms with van der Waals surface area (Å²) in [4.78, 5) is 11.8. The molecule has 1 N–H and O–H groups in total. The number of halogens is 2. The van der Waals surface area contributed by atoms with E-state index in [0.717, 1.165) is 18.8 Å². The van der Waals surface area contributed by atoms with Crippen molar-refractivity contribution >= 4 is 33.4 Å². The van der Waals surface area contributed by atoms with Gasteiger partial charge in [-0.15, -0.1) is 11.6 Å². The van der Waals surface area contributed by atoms with Crippen LogP contribution in [0.2, 0.25) is 0 Å². The zero-order valence-corrected chi connectivity index (χ0v) is 12.4. The number of carbonyl (C=O) groups is 1. The summed E-state index contributed by atoms with van der Waals surface area (Å²) in [5.41, 5.74) is 0. The van der Waals surface area contributed by atoms with E-state index in [0.29, 0.717) is 17.9 Å². The second-order valence-electron chi connectivity index (χ2n) is 6.27. The largest absolute Gasteiger partial charge is 0.352 e. The van der Waals surface area contributed by atoms with Gasteiger partial charge in [-0.25, -0.2) is 0 Å². The lowest BCUT2D eigenvalue weighted by Gasteiger charge is -2.57. The lowest BCUT2D eigenvalue weighted by Crippen LogP contribution is -2.60. The molecule has 4 fully saturated rings. The van der Waals surface area contributed by atoms with E-state index >= 15 is 0 Å². The molecule has 0 radical (unpaired) electrons. The van der Waals surface area contributed by atoms with E-state index in [4.69, 9.17) is 11.6 Å². The van der Waals surface area contributed by atoms with Gasteiger partial charge in [0.25, 0.3) is 0 Å². The molecule has 0 aliphatic heterocycles. The van der Waals surface area contributed by atoms with Crippen molar-refractivity contribution in [1.29, 1.82) is 0 Å². The molecule has 1 amide bonds. The highest BCUT2D eigenvalue weighted by Gasteiger charge is 2.54. The minimum Gasteiger partial charge on any atom is -0.352 e. The van der Waals surface area contributed by atoms with Gasteiger partial charge in [0.15, 0.2) is 0 Å². The van der Waals surface area contributed by atoms with Gasteiger partial charge in [0, 0.05) is 10.9 Å². The fraction of sp³-hybridized carbons (Fsp3) is 0.923. The summed E-state index contributed by atoms with van der Waals surface area (Å²) in [6.07, 6.45) is 5.95. The van der Waals surface area contributed by atoms with Crippen LogP contribution in [0.1, 0.15) is 39.0 Å². The van der Waals surface area contributed by atoms with Crippen LogP contribution in [0.5, 0.6) is 0 Å². The van der Waals surface area contributed by atoms with Crippen molar-refractivity contribution in [2.75, 3.05) is 0 Å². The van der Waals surface area contributed by atoms with Crippen molar-refractivity contribution < 1.29 is 4.79 Å². The van der Waals surface area contributed by atoms with Crippen LogP contribution >= 0.6 is 27.5 Å². The molecular weight excluding hydrogens is 302 g/mol. The number of amides is 1. The first-order valence-corrected chi connectivity index (χ1v) is 7.89. The lowest BCUT2D eigenvalue weighted by molar-refractivity contribution is -0.123. The van der Waals surface area contributed by atoms with E-state index < -0.39 is 0 Å². The Labute approximate surface area is 116 Å². The molecule has 4 saturated carbocycles. The van der Waals surface area contributed by atoms with Gasteiger partial charge in [-0.2, -0.15) is 0 Å². The molecule has 3 unspecified atom stereocenters. The predicted molar refractivity (Wildman–Crippen MR) is 72.5 cm³/mol. The van der Waals surface area contributed by atoms with Crippen molar-refractivity contribution in [1.82, 2.24) is 5.32 Å². The molecule has 0 aromatic rings. The van der Waals surface area contributed by atoms with Crippen molar-refractivity contribution in [2.24, 2.45) is 17.8 Å². The van der Waals surface area contributed by atoms with Crippen LogP contribution in [0, 0.1) is 17.8 Å². The number of rotatable bonds is 2. The summed E-state index contributed by atoms with van der Waals surface area (Å²) in [5, 5.41) is 3.23. The summed E-state index contributed by atoms with van der Waals surface area (Å²) in [6, 6.07) is 0.380. The number of hydrogen-bond acceptors (Lipinski definition) is 1. The summed E-state index contributed by atoms with van der Waals surface area (Å²) in [5.74, 6) is 2.19. The highest BCUT2D eigenvalue weighted by molar-refractivity contribution is 9.10. The predicted octanol–water partition coefficient (Wildman–Crippen LogP) is 3.07. The van der Waals surface area contributed by atoms with E-state index in [1.807, 2.05) is 6.92 Å². The fourth-order valence-corrected chi connectivity index (χ4v) is 5.19. The van der Waals surface area contributed by atoms with Crippen LogP contribution in [0.25, 0.3) is 0 Å². The molecule has 4 aliphatic rings. The average molecular weight is 321 g/mol. The third kappa shape index (κ3) is 2.14. The van der Waals surface area contributed by atoms with Crippen LogP contribution < -0.4 is 5.32 Å². The molecule has 0 saturated heterocycles. The Bertz CT molecular complexity index is 330. The van der Waals surface area contributed by atoms with E-state index in [2.05, 4.69) is 21.2 Å². The normalized spacial score (nSPS) is 49.1. The number of hydrogen-bond donors (Lipinski definition) is 1. The van der Waals surface area contributed by atoms with E-state index in [1.54, 1.807) is 0 Å². The molecule has 17 heavy (non-hydrogen) atoms.